The average molecular weight is 272 g/mol. The number of amides is 1. The summed E-state index contributed by atoms with van der Waals surface area (Å²) in [5.74, 6) is -1.15. The smallest absolute Gasteiger partial charge is 0.340 e. The Bertz CT molecular complexity index is 826. The molecular weight excluding hydrogens is 264 g/mol. The highest BCUT2D eigenvalue weighted by atomic mass is 19.1. The van der Waals surface area contributed by atoms with Gasteiger partial charge in [0.05, 0.1) is 10.9 Å². The lowest BCUT2D eigenvalue weighted by Crippen LogP contribution is -2.20. The first-order valence-electron chi connectivity index (χ1n) is 5.72. The number of benzene rings is 2. The molecular formula is C14H8F2N3O. The molecule has 0 bridgehead atoms. The molecule has 1 heterocycles. The number of carbonyl (C=O) groups is 1. The van der Waals surface area contributed by atoms with Crippen molar-refractivity contribution in [1.82, 2.24) is 9.78 Å². The predicted molar refractivity (Wildman–Crippen MR) is 68.9 cm³/mol. The van der Waals surface area contributed by atoms with Crippen molar-refractivity contribution in [1.29, 1.82) is 0 Å². The standard InChI is InChI=1S/C14H8F2N3O/c15-9-4-1-3-8(7-9)13-12-10(16)5-2-6-11(12)19(18-13)14(17)20/h1-4,6-7H,(H2,17,20). The van der Waals surface area contributed by atoms with Gasteiger partial charge in [0, 0.05) is 11.6 Å². The first-order chi connectivity index (χ1) is 9.58. The van der Waals surface area contributed by atoms with Crippen molar-refractivity contribution in [2.45, 2.75) is 0 Å². The molecule has 4 nitrogen and oxygen atoms in total. The van der Waals surface area contributed by atoms with Crippen LogP contribution in [0.4, 0.5) is 13.6 Å². The average Bonchev–Trinajstić information content (AvgIpc) is 2.80. The van der Waals surface area contributed by atoms with Crippen molar-refractivity contribution >= 4 is 16.9 Å². The van der Waals surface area contributed by atoms with Crippen LogP contribution in [0.5, 0.6) is 0 Å². The van der Waals surface area contributed by atoms with Gasteiger partial charge in [-0.3, -0.25) is 0 Å². The van der Waals surface area contributed by atoms with E-state index in [1.165, 1.54) is 30.3 Å². The summed E-state index contributed by atoms with van der Waals surface area (Å²) in [5.41, 5.74) is 5.92. The number of hydrogen-bond acceptors (Lipinski definition) is 2. The molecule has 0 fully saturated rings. The fourth-order valence-electron chi connectivity index (χ4n) is 2.07. The molecule has 0 unspecified atom stereocenters. The molecule has 20 heavy (non-hydrogen) atoms. The minimum absolute atomic E-state index is 0.0805. The van der Waals surface area contributed by atoms with Gasteiger partial charge in [0.2, 0.25) is 0 Å². The molecule has 2 N–H and O–H groups in total. The summed E-state index contributed by atoms with van der Waals surface area (Å²) in [4.78, 5) is 11.4. The molecule has 3 rings (SSSR count). The molecule has 0 spiro atoms. The number of hydrogen-bond donors (Lipinski definition) is 1. The van der Waals surface area contributed by atoms with E-state index in [9.17, 15) is 13.6 Å². The van der Waals surface area contributed by atoms with E-state index in [0.717, 1.165) is 4.68 Å². The lowest BCUT2D eigenvalue weighted by molar-refractivity contribution is 0.248. The van der Waals surface area contributed by atoms with Gasteiger partial charge in [0.1, 0.15) is 17.3 Å². The summed E-state index contributed by atoms with van der Waals surface area (Å²) >= 11 is 0. The van der Waals surface area contributed by atoms with Crippen LogP contribution in [0.25, 0.3) is 22.2 Å². The van der Waals surface area contributed by atoms with E-state index in [4.69, 9.17) is 5.73 Å². The van der Waals surface area contributed by atoms with Gasteiger partial charge in [0.15, 0.2) is 0 Å². The third kappa shape index (κ3) is 1.82. The summed E-state index contributed by atoms with van der Waals surface area (Å²) in [6.07, 6.45) is 0. The fraction of sp³-hybridized carbons (Fsp3) is 0. The van der Waals surface area contributed by atoms with Crippen molar-refractivity contribution in [2.75, 3.05) is 0 Å². The normalized spacial score (nSPS) is 10.9. The number of carbonyl (C=O) groups excluding carboxylic acids is 1. The number of fused-ring (bicyclic) bond motifs is 1. The van der Waals surface area contributed by atoms with Gasteiger partial charge >= 0.3 is 6.03 Å². The highest BCUT2D eigenvalue weighted by molar-refractivity contribution is 5.98. The number of nitrogens with zero attached hydrogens (tertiary/aromatic N) is 2. The fourth-order valence-corrected chi connectivity index (χ4v) is 2.07. The van der Waals surface area contributed by atoms with Crippen LogP contribution in [0.3, 0.4) is 0 Å². The summed E-state index contributed by atoms with van der Waals surface area (Å²) in [6.45, 7) is 0. The molecule has 6 heteroatoms. The number of aromatic nitrogens is 2. The highest BCUT2D eigenvalue weighted by Gasteiger charge is 2.18. The zero-order chi connectivity index (χ0) is 14.3. The summed E-state index contributed by atoms with van der Waals surface area (Å²) < 4.78 is 28.1. The van der Waals surface area contributed by atoms with E-state index in [1.54, 1.807) is 6.07 Å². The van der Waals surface area contributed by atoms with Crippen LogP contribution in [0.1, 0.15) is 0 Å². The second-order valence-corrected chi connectivity index (χ2v) is 4.16. The molecule has 1 radical (unpaired) electrons. The second kappa shape index (κ2) is 4.41. The maximum atomic E-state index is 14.0. The summed E-state index contributed by atoms with van der Waals surface area (Å²) in [7, 11) is 0. The molecule has 2 aromatic carbocycles. The van der Waals surface area contributed by atoms with E-state index in [0.29, 0.717) is 5.56 Å². The Labute approximate surface area is 112 Å². The molecule has 0 saturated heterocycles. The molecule has 0 atom stereocenters. The monoisotopic (exact) mass is 272 g/mol. The minimum atomic E-state index is -0.844. The number of nitrogens with two attached hydrogens (primary N) is 1. The van der Waals surface area contributed by atoms with Crippen LogP contribution < -0.4 is 5.73 Å². The van der Waals surface area contributed by atoms with Crippen LogP contribution in [-0.4, -0.2) is 15.8 Å². The Balaban J connectivity index is 2.39. The quantitative estimate of drug-likeness (QED) is 0.740. The van der Waals surface area contributed by atoms with Gasteiger partial charge in [-0.05, 0) is 24.3 Å². The highest BCUT2D eigenvalue weighted by Crippen LogP contribution is 2.30. The van der Waals surface area contributed by atoms with Crippen LogP contribution >= 0.6 is 0 Å². The largest absolute Gasteiger partial charge is 0.350 e. The topological polar surface area (TPSA) is 60.9 Å². The minimum Gasteiger partial charge on any atom is -0.350 e. The van der Waals surface area contributed by atoms with E-state index in [1.807, 2.05) is 0 Å². The van der Waals surface area contributed by atoms with Crippen molar-refractivity contribution in [3.63, 3.8) is 0 Å². The van der Waals surface area contributed by atoms with E-state index in [2.05, 4.69) is 11.2 Å². The Morgan fingerprint density at radius 1 is 1.30 bits per heavy atom. The van der Waals surface area contributed by atoms with Crippen molar-refractivity contribution in [3.8, 4) is 11.3 Å². The Hall–Kier alpha value is -2.76. The number of primary amides is 1. The lowest BCUT2D eigenvalue weighted by Gasteiger charge is -1.98. The van der Waals surface area contributed by atoms with Gasteiger partial charge in [-0.2, -0.15) is 9.78 Å². The summed E-state index contributed by atoms with van der Waals surface area (Å²) in [6, 6.07) is 9.86. The van der Waals surface area contributed by atoms with Crippen LogP contribution in [0, 0.1) is 17.7 Å². The molecule has 3 aromatic rings. The lowest BCUT2D eigenvalue weighted by atomic mass is 10.1. The molecule has 1 aromatic heterocycles. The Kier molecular flexibility index (Phi) is 2.71. The predicted octanol–water partition coefficient (Wildman–Crippen LogP) is 2.71. The molecule has 0 aliphatic rings. The van der Waals surface area contributed by atoms with Crippen LogP contribution in [0.2, 0.25) is 0 Å². The third-order valence-electron chi connectivity index (χ3n) is 2.90. The van der Waals surface area contributed by atoms with Gasteiger partial charge in [-0.15, -0.1) is 0 Å². The zero-order valence-electron chi connectivity index (χ0n) is 10.1. The van der Waals surface area contributed by atoms with Crippen molar-refractivity contribution in [2.24, 2.45) is 5.73 Å². The Morgan fingerprint density at radius 3 is 2.80 bits per heavy atom. The number of rotatable bonds is 1. The van der Waals surface area contributed by atoms with E-state index >= 15 is 0 Å². The molecule has 99 valence electrons. The second-order valence-electron chi connectivity index (χ2n) is 4.16. The van der Waals surface area contributed by atoms with Crippen molar-refractivity contribution < 1.29 is 13.6 Å². The summed E-state index contributed by atoms with van der Waals surface area (Å²) in [5, 5.41) is 4.06. The van der Waals surface area contributed by atoms with E-state index in [-0.39, 0.29) is 16.6 Å². The number of halogens is 2. The maximum absolute atomic E-state index is 14.0. The van der Waals surface area contributed by atoms with E-state index < -0.39 is 17.7 Å². The van der Waals surface area contributed by atoms with Gasteiger partial charge in [-0.25, -0.2) is 13.6 Å². The van der Waals surface area contributed by atoms with Gasteiger partial charge in [0.25, 0.3) is 0 Å². The molecule has 1 amide bonds. The maximum Gasteiger partial charge on any atom is 0.340 e. The van der Waals surface area contributed by atoms with Gasteiger partial charge < -0.3 is 5.73 Å². The van der Waals surface area contributed by atoms with Gasteiger partial charge in [-0.1, -0.05) is 12.1 Å². The molecule has 0 saturated carbocycles. The first-order valence-corrected chi connectivity index (χ1v) is 5.72. The first kappa shape index (κ1) is 12.3. The van der Waals surface area contributed by atoms with Crippen LogP contribution in [0.15, 0.2) is 36.4 Å². The van der Waals surface area contributed by atoms with Crippen LogP contribution in [-0.2, 0) is 0 Å². The Morgan fingerprint density at radius 2 is 2.10 bits per heavy atom. The van der Waals surface area contributed by atoms with Crippen molar-refractivity contribution in [3.05, 3.63) is 54.1 Å². The molecule has 0 aliphatic carbocycles. The zero-order valence-corrected chi connectivity index (χ0v) is 10.1. The SMILES string of the molecule is NC(=O)n1nc(-c2cccc(F)c2)c2c(F)[c]ccc21. The third-order valence-corrected chi connectivity index (χ3v) is 2.90. The molecule has 0 aliphatic heterocycles.